The Bertz CT molecular complexity index is 394. The van der Waals surface area contributed by atoms with E-state index in [-0.39, 0.29) is 6.42 Å². The van der Waals surface area contributed by atoms with Gasteiger partial charge in [0.05, 0.1) is 0 Å². The predicted octanol–water partition coefficient (Wildman–Crippen LogP) is 1.74. The zero-order valence-electron chi connectivity index (χ0n) is 8.93. The highest BCUT2D eigenvalue weighted by Crippen LogP contribution is 2.34. The molecule has 1 aliphatic rings. The van der Waals surface area contributed by atoms with Crippen LogP contribution in [0.3, 0.4) is 0 Å². The molecule has 16 heavy (non-hydrogen) atoms. The van der Waals surface area contributed by atoms with Crippen LogP contribution in [0.25, 0.3) is 0 Å². The Hall–Kier alpha value is -1.84. The first-order valence-electron chi connectivity index (χ1n) is 5.15. The van der Waals surface area contributed by atoms with Crippen molar-refractivity contribution in [1.29, 1.82) is 0 Å². The monoisotopic (exact) mass is 220 g/mol. The first-order valence-corrected chi connectivity index (χ1v) is 5.15. The summed E-state index contributed by atoms with van der Waals surface area (Å²) in [6, 6.07) is 9.01. The summed E-state index contributed by atoms with van der Waals surface area (Å²) in [4.78, 5) is 22.6. The van der Waals surface area contributed by atoms with E-state index in [1.165, 1.54) is 0 Å². The Labute approximate surface area is 93.2 Å². The highest BCUT2D eigenvalue weighted by molar-refractivity contribution is 5.93. The van der Waals surface area contributed by atoms with Gasteiger partial charge >= 0.3 is 11.9 Å². The number of benzene rings is 1. The van der Waals surface area contributed by atoms with Crippen molar-refractivity contribution < 1.29 is 19.1 Å². The van der Waals surface area contributed by atoms with Gasteiger partial charge in [-0.1, -0.05) is 37.3 Å². The average Bonchev–Trinajstić information content (AvgIpc) is 2.29. The number of hydrogen-bond acceptors (Lipinski definition) is 4. The van der Waals surface area contributed by atoms with Crippen LogP contribution in [0.4, 0.5) is 0 Å². The Morgan fingerprint density at radius 3 is 2.19 bits per heavy atom. The van der Waals surface area contributed by atoms with Gasteiger partial charge in [-0.05, 0) is 0 Å². The Morgan fingerprint density at radius 2 is 1.69 bits per heavy atom. The van der Waals surface area contributed by atoms with Crippen LogP contribution in [0.15, 0.2) is 30.3 Å². The molecule has 0 atom stereocenters. The average molecular weight is 220 g/mol. The zero-order valence-corrected chi connectivity index (χ0v) is 8.93. The lowest BCUT2D eigenvalue weighted by molar-refractivity contribution is -0.250. The first kappa shape index (κ1) is 10.7. The number of rotatable bonds is 2. The molecule has 0 spiro atoms. The summed E-state index contributed by atoms with van der Waals surface area (Å²) >= 11 is 0. The molecule has 1 aliphatic heterocycles. The number of carbonyl (C=O) groups excluding carboxylic acids is 2. The molecular formula is C12H12O4. The fourth-order valence-electron chi connectivity index (χ4n) is 1.74. The van der Waals surface area contributed by atoms with Gasteiger partial charge in [0.2, 0.25) is 0 Å². The molecule has 1 saturated heterocycles. The Kier molecular flexibility index (Phi) is 2.64. The van der Waals surface area contributed by atoms with Gasteiger partial charge in [-0.2, -0.15) is 0 Å². The molecule has 0 aliphatic carbocycles. The van der Waals surface area contributed by atoms with Crippen molar-refractivity contribution in [3.05, 3.63) is 35.9 Å². The highest BCUT2D eigenvalue weighted by Gasteiger charge is 2.43. The second-order valence-electron chi connectivity index (χ2n) is 3.60. The van der Waals surface area contributed by atoms with Gasteiger partial charge in [0.1, 0.15) is 6.42 Å². The molecule has 1 aromatic carbocycles. The molecule has 2 rings (SSSR count). The summed E-state index contributed by atoms with van der Waals surface area (Å²) in [7, 11) is 0. The van der Waals surface area contributed by atoms with Crippen molar-refractivity contribution >= 4 is 11.9 Å². The van der Waals surface area contributed by atoms with E-state index in [1.807, 2.05) is 18.2 Å². The highest BCUT2D eigenvalue weighted by atomic mass is 16.7. The van der Waals surface area contributed by atoms with Gasteiger partial charge in [0.15, 0.2) is 0 Å². The number of ether oxygens (including phenoxy) is 2. The van der Waals surface area contributed by atoms with E-state index in [0.717, 1.165) is 0 Å². The smallest absolute Gasteiger partial charge is 0.320 e. The number of hydrogen-bond donors (Lipinski definition) is 0. The van der Waals surface area contributed by atoms with Crippen LogP contribution in [0.1, 0.15) is 25.3 Å². The van der Waals surface area contributed by atoms with Gasteiger partial charge in [-0.3, -0.25) is 9.59 Å². The lowest BCUT2D eigenvalue weighted by atomic mass is 10.0. The number of esters is 2. The molecule has 1 heterocycles. The summed E-state index contributed by atoms with van der Waals surface area (Å²) in [5, 5.41) is 0. The van der Waals surface area contributed by atoms with Crippen molar-refractivity contribution in [2.75, 3.05) is 0 Å². The van der Waals surface area contributed by atoms with Crippen molar-refractivity contribution in [3.63, 3.8) is 0 Å². The van der Waals surface area contributed by atoms with Crippen molar-refractivity contribution in [2.24, 2.45) is 0 Å². The summed E-state index contributed by atoms with van der Waals surface area (Å²) in [5.41, 5.74) is 0.680. The quantitative estimate of drug-likeness (QED) is 0.562. The molecule has 84 valence electrons. The molecule has 1 aromatic rings. The number of carbonyl (C=O) groups is 2. The minimum absolute atomic E-state index is 0.311. The second-order valence-corrected chi connectivity index (χ2v) is 3.60. The van der Waals surface area contributed by atoms with Gasteiger partial charge < -0.3 is 9.47 Å². The third-order valence-electron chi connectivity index (χ3n) is 2.53. The molecule has 0 bridgehead atoms. The lowest BCUT2D eigenvalue weighted by Crippen LogP contribution is -2.42. The van der Waals surface area contributed by atoms with Crippen molar-refractivity contribution in [1.82, 2.24) is 0 Å². The van der Waals surface area contributed by atoms with Gasteiger partial charge in [0.25, 0.3) is 5.79 Å². The van der Waals surface area contributed by atoms with Crippen LogP contribution < -0.4 is 0 Å². The van der Waals surface area contributed by atoms with Crippen LogP contribution in [0.5, 0.6) is 0 Å². The van der Waals surface area contributed by atoms with E-state index >= 15 is 0 Å². The summed E-state index contributed by atoms with van der Waals surface area (Å²) in [5.74, 6) is -2.32. The topological polar surface area (TPSA) is 52.6 Å². The third-order valence-corrected chi connectivity index (χ3v) is 2.53. The second kappa shape index (κ2) is 3.96. The Morgan fingerprint density at radius 1 is 1.12 bits per heavy atom. The number of cyclic esters (lactones) is 2. The molecule has 0 radical (unpaired) electrons. The SMILES string of the molecule is CCC1(c2ccccc2)OC(=O)CC(=O)O1. The molecule has 0 saturated carbocycles. The standard InChI is InChI=1S/C12H12O4/c1-2-12(9-6-4-3-5-7-9)15-10(13)8-11(14)16-12/h3-7H,2,8H2,1H3. The maximum absolute atomic E-state index is 11.3. The zero-order chi connectivity index (χ0) is 11.6. The van der Waals surface area contributed by atoms with Crippen molar-refractivity contribution in [2.45, 2.75) is 25.6 Å². The summed E-state index contributed by atoms with van der Waals surface area (Å²) in [6.07, 6.45) is 0.0864. The minimum Gasteiger partial charge on any atom is -0.417 e. The van der Waals surface area contributed by atoms with Crippen molar-refractivity contribution in [3.8, 4) is 0 Å². The molecule has 0 aromatic heterocycles. The van der Waals surface area contributed by atoms with Gasteiger partial charge in [-0.15, -0.1) is 0 Å². The molecule has 0 amide bonds. The van der Waals surface area contributed by atoms with Crippen LogP contribution in [-0.2, 0) is 24.8 Å². The molecule has 0 N–H and O–H groups in total. The molecule has 4 heteroatoms. The van der Waals surface area contributed by atoms with Crippen LogP contribution in [-0.4, -0.2) is 11.9 Å². The van der Waals surface area contributed by atoms with E-state index in [9.17, 15) is 9.59 Å². The van der Waals surface area contributed by atoms with Crippen LogP contribution in [0.2, 0.25) is 0 Å². The first-order chi connectivity index (χ1) is 7.66. The van der Waals surface area contributed by atoms with Crippen LogP contribution >= 0.6 is 0 Å². The fraction of sp³-hybridized carbons (Fsp3) is 0.333. The van der Waals surface area contributed by atoms with Gasteiger partial charge in [-0.25, -0.2) is 0 Å². The maximum Gasteiger partial charge on any atom is 0.320 e. The summed E-state index contributed by atoms with van der Waals surface area (Å²) < 4.78 is 10.4. The molecule has 4 nitrogen and oxygen atoms in total. The van der Waals surface area contributed by atoms with E-state index in [0.29, 0.717) is 12.0 Å². The molecular weight excluding hydrogens is 208 g/mol. The fourth-order valence-corrected chi connectivity index (χ4v) is 1.74. The van der Waals surface area contributed by atoms with E-state index in [2.05, 4.69) is 0 Å². The van der Waals surface area contributed by atoms with Gasteiger partial charge in [0, 0.05) is 12.0 Å². The van der Waals surface area contributed by atoms with E-state index in [1.54, 1.807) is 19.1 Å². The predicted molar refractivity (Wildman–Crippen MR) is 55.2 cm³/mol. The third kappa shape index (κ3) is 1.78. The summed E-state index contributed by atoms with van der Waals surface area (Å²) in [6.45, 7) is 1.80. The lowest BCUT2D eigenvalue weighted by Gasteiger charge is -2.35. The van der Waals surface area contributed by atoms with E-state index in [4.69, 9.17) is 9.47 Å². The maximum atomic E-state index is 11.3. The van der Waals surface area contributed by atoms with Crippen LogP contribution in [0, 0.1) is 0 Å². The Balaban J connectivity index is 2.39. The normalized spacial score (nSPS) is 18.8. The molecule has 0 unspecified atom stereocenters. The largest absolute Gasteiger partial charge is 0.417 e. The minimum atomic E-state index is -1.24. The molecule has 1 fully saturated rings. The van der Waals surface area contributed by atoms with E-state index < -0.39 is 17.7 Å².